The number of hydrogen-bond acceptors (Lipinski definition) is 4. The van der Waals surface area contributed by atoms with Gasteiger partial charge in [0.1, 0.15) is 0 Å². The Hall–Kier alpha value is -1.56. The number of carbonyl (C=O) groups excluding carboxylic acids is 1. The maximum Gasteiger partial charge on any atom is 0.254 e. The number of fused-ring (bicyclic) bond motifs is 1. The van der Waals surface area contributed by atoms with Gasteiger partial charge in [-0.15, -0.1) is 0 Å². The lowest BCUT2D eigenvalue weighted by molar-refractivity contribution is -0.111. The Morgan fingerprint density at radius 1 is 1.46 bits per heavy atom. The summed E-state index contributed by atoms with van der Waals surface area (Å²) in [5.41, 5.74) is 2.66. The summed E-state index contributed by atoms with van der Waals surface area (Å²) in [6.07, 6.45) is 1.63. The van der Waals surface area contributed by atoms with Crippen molar-refractivity contribution in [3.8, 4) is 0 Å². The molecule has 1 atom stereocenters. The Balaban J connectivity index is 1.61. The zero-order chi connectivity index (χ0) is 16.9. The zero-order valence-electron chi connectivity index (χ0n) is 13.2. The number of ether oxygens (including phenoxy) is 1. The molecule has 4 rings (SSSR count). The number of allylic oxidation sites excluding steroid dienone is 1. The third-order valence-electron chi connectivity index (χ3n) is 4.55. The van der Waals surface area contributed by atoms with Gasteiger partial charge in [-0.3, -0.25) is 4.79 Å². The number of amides is 1. The van der Waals surface area contributed by atoms with Crippen molar-refractivity contribution in [2.24, 2.45) is 10.4 Å². The van der Waals surface area contributed by atoms with Crippen LogP contribution in [0.3, 0.4) is 0 Å². The monoisotopic (exact) mass is 365 g/mol. The largest absolute Gasteiger partial charge is 0.380 e. The molecule has 0 aliphatic carbocycles. The molecule has 0 aromatic heterocycles. The van der Waals surface area contributed by atoms with Gasteiger partial charge < -0.3 is 15.0 Å². The minimum atomic E-state index is -0.554. The quantitative estimate of drug-likeness (QED) is 0.661. The number of halogens is 2. The van der Waals surface area contributed by atoms with Gasteiger partial charge >= 0.3 is 0 Å². The summed E-state index contributed by atoms with van der Waals surface area (Å²) in [5.74, 6) is 0.0528. The molecule has 3 aliphatic heterocycles. The van der Waals surface area contributed by atoms with E-state index in [4.69, 9.17) is 27.9 Å². The maximum absolute atomic E-state index is 12.8. The Labute approximate surface area is 150 Å². The van der Waals surface area contributed by atoms with E-state index < -0.39 is 5.62 Å². The molecule has 1 aromatic rings. The summed E-state index contributed by atoms with van der Waals surface area (Å²) < 4.78 is 5.29. The smallest absolute Gasteiger partial charge is 0.254 e. The molecule has 1 aromatic carbocycles. The second-order valence-electron chi connectivity index (χ2n) is 6.81. The van der Waals surface area contributed by atoms with Crippen LogP contribution in [0.5, 0.6) is 0 Å². The summed E-state index contributed by atoms with van der Waals surface area (Å²) in [6.45, 7) is 4.91. The van der Waals surface area contributed by atoms with Gasteiger partial charge in [0.15, 0.2) is 5.62 Å². The SMILES string of the molecule is CC1(CN2Cc3ccc(C4=NC(Cl)NC=C4Cl)cc3C2=O)COC1. The number of nitrogens with zero attached hydrogens (tertiary/aromatic N) is 2. The van der Waals surface area contributed by atoms with Crippen LogP contribution in [-0.4, -0.2) is 41.9 Å². The summed E-state index contributed by atoms with van der Waals surface area (Å²) >= 11 is 12.2. The molecule has 0 radical (unpaired) electrons. The highest BCUT2D eigenvalue weighted by Crippen LogP contribution is 2.32. The highest BCUT2D eigenvalue weighted by molar-refractivity contribution is 6.47. The fourth-order valence-corrected chi connectivity index (χ4v) is 3.66. The second kappa shape index (κ2) is 5.76. The van der Waals surface area contributed by atoms with Gasteiger partial charge in [-0.25, -0.2) is 4.99 Å². The Morgan fingerprint density at radius 3 is 2.96 bits per heavy atom. The molecule has 7 heteroatoms. The molecular formula is C17H17Cl2N3O2. The predicted molar refractivity (Wildman–Crippen MR) is 93.4 cm³/mol. The first-order valence-corrected chi connectivity index (χ1v) is 8.61. The third kappa shape index (κ3) is 2.70. The van der Waals surface area contributed by atoms with E-state index >= 15 is 0 Å². The molecule has 24 heavy (non-hydrogen) atoms. The van der Waals surface area contributed by atoms with E-state index in [-0.39, 0.29) is 11.3 Å². The Kier molecular flexibility index (Phi) is 3.82. The first-order chi connectivity index (χ1) is 11.5. The highest BCUT2D eigenvalue weighted by atomic mass is 35.5. The Morgan fingerprint density at radius 2 is 2.25 bits per heavy atom. The van der Waals surface area contributed by atoms with Crippen molar-refractivity contribution in [3.63, 3.8) is 0 Å². The highest BCUT2D eigenvalue weighted by Gasteiger charge is 2.39. The second-order valence-corrected chi connectivity index (χ2v) is 7.63. The van der Waals surface area contributed by atoms with Crippen molar-refractivity contribution in [1.29, 1.82) is 0 Å². The van der Waals surface area contributed by atoms with Crippen LogP contribution in [0.2, 0.25) is 0 Å². The average Bonchev–Trinajstić information content (AvgIpc) is 2.84. The van der Waals surface area contributed by atoms with E-state index in [1.165, 1.54) is 0 Å². The van der Waals surface area contributed by atoms with Crippen molar-refractivity contribution in [3.05, 3.63) is 46.1 Å². The topological polar surface area (TPSA) is 53.9 Å². The fraction of sp³-hybridized carbons (Fsp3) is 0.412. The van der Waals surface area contributed by atoms with Crippen molar-refractivity contribution in [2.45, 2.75) is 19.1 Å². The van der Waals surface area contributed by atoms with Crippen LogP contribution in [0, 0.1) is 5.41 Å². The molecule has 1 N–H and O–H groups in total. The molecule has 0 spiro atoms. The number of carbonyl (C=O) groups is 1. The van der Waals surface area contributed by atoms with E-state index in [0.717, 1.165) is 11.1 Å². The normalized spacial score (nSPS) is 24.7. The van der Waals surface area contributed by atoms with Gasteiger partial charge in [0, 0.05) is 35.8 Å². The zero-order valence-corrected chi connectivity index (χ0v) is 14.7. The number of rotatable bonds is 3. The number of aliphatic imine (C=N–C) groups is 1. The van der Waals surface area contributed by atoms with Crippen LogP contribution in [0.25, 0.3) is 0 Å². The molecule has 1 amide bonds. The van der Waals surface area contributed by atoms with E-state index in [0.29, 0.717) is 42.6 Å². The van der Waals surface area contributed by atoms with Crippen LogP contribution in [-0.2, 0) is 11.3 Å². The third-order valence-corrected chi connectivity index (χ3v) is 5.06. The summed E-state index contributed by atoms with van der Waals surface area (Å²) in [7, 11) is 0. The molecule has 126 valence electrons. The molecule has 0 saturated carbocycles. The molecule has 1 saturated heterocycles. The van der Waals surface area contributed by atoms with Crippen LogP contribution in [0.1, 0.15) is 28.4 Å². The first-order valence-electron chi connectivity index (χ1n) is 7.79. The predicted octanol–water partition coefficient (Wildman–Crippen LogP) is 2.67. The molecule has 1 fully saturated rings. The number of hydrogen-bond donors (Lipinski definition) is 1. The van der Waals surface area contributed by atoms with Crippen LogP contribution in [0.15, 0.2) is 34.4 Å². The van der Waals surface area contributed by atoms with Gasteiger partial charge in [-0.1, -0.05) is 42.3 Å². The molecule has 3 aliphatic rings. The summed E-state index contributed by atoms with van der Waals surface area (Å²) in [6, 6.07) is 5.77. The lowest BCUT2D eigenvalue weighted by Crippen LogP contribution is -2.48. The van der Waals surface area contributed by atoms with Gasteiger partial charge in [-0.05, 0) is 11.6 Å². The fourth-order valence-electron chi connectivity index (χ4n) is 3.27. The minimum Gasteiger partial charge on any atom is -0.380 e. The average molecular weight is 366 g/mol. The van der Waals surface area contributed by atoms with Crippen LogP contribution < -0.4 is 5.32 Å². The lowest BCUT2D eigenvalue weighted by Gasteiger charge is -2.40. The lowest BCUT2D eigenvalue weighted by atomic mass is 9.88. The molecule has 0 bridgehead atoms. The first kappa shape index (κ1) is 15.9. The molecular weight excluding hydrogens is 349 g/mol. The number of alkyl halides is 1. The van der Waals surface area contributed by atoms with Gasteiger partial charge in [-0.2, -0.15) is 0 Å². The van der Waals surface area contributed by atoms with E-state index in [9.17, 15) is 4.79 Å². The van der Waals surface area contributed by atoms with Crippen molar-refractivity contribution >= 4 is 34.8 Å². The molecule has 1 unspecified atom stereocenters. The van der Waals surface area contributed by atoms with Gasteiger partial charge in [0.25, 0.3) is 5.91 Å². The van der Waals surface area contributed by atoms with Crippen molar-refractivity contribution < 1.29 is 9.53 Å². The standard InChI is InChI=1S/C17H17Cl2N3O2/c1-17(8-24-9-17)7-22-6-11-3-2-10(4-12(11)15(22)23)14-13(18)5-20-16(19)21-14/h2-5,16,20H,6-9H2,1H3. The minimum absolute atomic E-state index is 0.0528. The number of nitrogens with one attached hydrogen (secondary N) is 1. The van der Waals surface area contributed by atoms with Crippen molar-refractivity contribution in [2.75, 3.05) is 19.8 Å². The Bertz CT molecular complexity index is 771. The molecule has 3 heterocycles. The van der Waals surface area contributed by atoms with E-state index in [2.05, 4.69) is 17.2 Å². The van der Waals surface area contributed by atoms with E-state index in [1.807, 2.05) is 23.1 Å². The summed E-state index contributed by atoms with van der Waals surface area (Å²) in [5, 5.41) is 3.32. The van der Waals surface area contributed by atoms with Crippen LogP contribution >= 0.6 is 23.2 Å². The van der Waals surface area contributed by atoms with E-state index in [1.54, 1.807) is 6.20 Å². The summed E-state index contributed by atoms with van der Waals surface area (Å²) in [4.78, 5) is 19.0. The van der Waals surface area contributed by atoms with Crippen molar-refractivity contribution in [1.82, 2.24) is 10.2 Å². The van der Waals surface area contributed by atoms with Gasteiger partial charge in [0.2, 0.25) is 0 Å². The maximum atomic E-state index is 12.8. The molecule has 5 nitrogen and oxygen atoms in total. The van der Waals surface area contributed by atoms with Crippen LogP contribution in [0.4, 0.5) is 0 Å². The van der Waals surface area contributed by atoms with Gasteiger partial charge in [0.05, 0.1) is 24.0 Å². The number of benzene rings is 1.